The molecule has 0 aliphatic carbocycles. The van der Waals surface area contributed by atoms with E-state index in [2.05, 4.69) is 35.4 Å². The highest BCUT2D eigenvalue weighted by Crippen LogP contribution is 2.29. The zero-order chi connectivity index (χ0) is 15.7. The van der Waals surface area contributed by atoms with Gasteiger partial charge in [0.25, 0.3) is 0 Å². The van der Waals surface area contributed by atoms with Crippen molar-refractivity contribution in [3.63, 3.8) is 0 Å². The van der Waals surface area contributed by atoms with Crippen molar-refractivity contribution >= 4 is 44.2 Å². The predicted octanol–water partition coefficient (Wildman–Crippen LogP) is 3.20. The van der Waals surface area contributed by atoms with Gasteiger partial charge in [-0.3, -0.25) is 9.20 Å². The van der Waals surface area contributed by atoms with Gasteiger partial charge in [0.05, 0.1) is 16.0 Å². The van der Waals surface area contributed by atoms with Gasteiger partial charge in [0.15, 0.2) is 5.16 Å². The summed E-state index contributed by atoms with van der Waals surface area (Å²) < 4.78 is 3.19. The zero-order valence-electron chi connectivity index (χ0n) is 12.7. The number of para-hydroxylation sites is 1. The summed E-state index contributed by atoms with van der Waals surface area (Å²) in [6, 6.07) is 8.31. The highest BCUT2D eigenvalue weighted by atomic mass is 32.2. The number of amides is 1. The Morgan fingerprint density at radius 1 is 1.32 bits per heavy atom. The smallest absolute Gasteiger partial charge is 0.230 e. The second-order valence-corrected chi connectivity index (χ2v) is 7.51. The van der Waals surface area contributed by atoms with E-state index in [1.165, 1.54) is 16.5 Å². The molecule has 0 radical (unpaired) electrons. The highest BCUT2D eigenvalue weighted by molar-refractivity contribution is 7.99. The number of nitrogens with one attached hydrogen (secondary N) is 1. The van der Waals surface area contributed by atoms with Crippen LogP contribution in [0.5, 0.6) is 0 Å². The molecule has 0 fully saturated rings. The summed E-state index contributed by atoms with van der Waals surface area (Å²) in [5, 5.41) is 12.2. The van der Waals surface area contributed by atoms with Crippen molar-refractivity contribution in [2.45, 2.75) is 32.0 Å². The molecule has 0 bridgehead atoms. The number of thioether (sulfide) groups is 1. The molecular formula is C15H18N4OS2. The van der Waals surface area contributed by atoms with E-state index in [1.54, 1.807) is 11.3 Å². The number of benzene rings is 1. The number of fused-ring (bicyclic) bond motifs is 3. The van der Waals surface area contributed by atoms with Crippen LogP contribution in [0.3, 0.4) is 0 Å². The molecule has 1 atom stereocenters. The van der Waals surface area contributed by atoms with Crippen LogP contribution in [-0.2, 0) is 4.79 Å². The maximum absolute atomic E-state index is 12.0. The normalized spacial score (nSPS) is 13.1. The molecule has 0 aliphatic heterocycles. The quantitative estimate of drug-likeness (QED) is 0.728. The van der Waals surface area contributed by atoms with Gasteiger partial charge in [-0.05, 0) is 25.0 Å². The Morgan fingerprint density at radius 3 is 2.86 bits per heavy atom. The molecule has 1 aromatic carbocycles. The molecule has 1 amide bonds. The molecule has 0 saturated heterocycles. The van der Waals surface area contributed by atoms with E-state index < -0.39 is 0 Å². The van der Waals surface area contributed by atoms with E-state index >= 15 is 0 Å². The fraction of sp³-hybridized carbons (Fsp3) is 0.400. The molecule has 5 nitrogen and oxygen atoms in total. The summed E-state index contributed by atoms with van der Waals surface area (Å²) in [6.07, 6.45) is 0. The van der Waals surface area contributed by atoms with Crippen LogP contribution < -0.4 is 5.32 Å². The molecule has 2 heterocycles. The Labute approximate surface area is 137 Å². The minimum Gasteiger partial charge on any atom is -0.353 e. The number of aromatic nitrogens is 3. The predicted molar refractivity (Wildman–Crippen MR) is 91.5 cm³/mol. The number of hydrogen-bond acceptors (Lipinski definition) is 5. The van der Waals surface area contributed by atoms with Crippen LogP contribution in [-0.4, -0.2) is 32.3 Å². The van der Waals surface area contributed by atoms with Crippen LogP contribution in [0.2, 0.25) is 0 Å². The number of carbonyl (C=O) groups excluding carboxylic acids is 1. The Morgan fingerprint density at radius 2 is 2.09 bits per heavy atom. The van der Waals surface area contributed by atoms with Crippen LogP contribution >= 0.6 is 23.1 Å². The number of carbonyl (C=O) groups is 1. The van der Waals surface area contributed by atoms with E-state index in [0.29, 0.717) is 11.7 Å². The molecule has 116 valence electrons. The highest BCUT2D eigenvalue weighted by Gasteiger charge is 2.15. The van der Waals surface area contributed by atoms with Gasteiger partial charge in [-0.1, -0.05) is 49.1 Å². The van der Waals surface area contributed by atoms with Gasteiger partial charge in [0.1, 0.15) is 0 Å². The standard InChI is InChI=1S/C15H18N4OS2/c1-9(2)10(3)16-13(20)8-21-14-17-18-15-19(14)11-6-4-5-7-12(11)22-15/h4-7,9-10H,8H2,1-3H3,(H,16,20)/t10-/m0/s1. The van der Waals surface area contributed by atoms with Crippen LogP contribution in [0.25, 0.3) is 15.2 Å². The maximum atomic E-state index is 12.0. The largest absolute Gasteiger partial charge is 0.353 e. The van der Waals surface area contributed by atoms with Crippen molar-refractivity contribution in [2.24, 2.45) is 5.92 Å². The first-order valence-corrected chi connectivity index (χ1v) is 9.01. The van der Waals surface area contributed by atoms with Crippen LogP contribution in [0.4, 0.5) is 0 Å². The minimum absolute atomic E-state index is 0.0301. The number of hydrogen-bond donors (Lipinski definition) is 1. The summed E-state index contributed by atoms with van der Waals surface area (Å²) >= 11 is 3.03. The van der Waals surface area contributed by atoms with Crippen molar-refractivity contribution in [3.05, 3.63) is 24.3 Å². The molecule has 7 heteroatoms. The summed E-state index contributed by atoms with van der Waals surface area (Å²) in [5.74, 6) is 0.805. The summed E-state index contributed by atoms with van der Waals surface area (Å²) in [6.45, 7) is 6.21. The van der Waals surface area contributed by atoms with E-state index in [-0.39, 0.29) is 11.9 Å². The molecular weight excluding hydrogens is 316 g/mol. The van der Waals surface area contributed by atoms with Gasteiger partial charge in [-0.15, -0.1) is 10.2 Å². The Balaban J connectivity index is 1.76. The number of nitrogens with zero attached hydrogens (tertiary/aromatic N) is 3. The van der Waals surface area contributed by atoms with Crippen molar-refractivity contribution in [2.75, 3.05) is 5.75 Å². The third-order valence-corrected chi connectivity index (χ3v) is 5.57. The number of rotatable bonds is 5. The summed E-state index contributed by atoms with van der Waals surface area (Å²) in [7, 11) is 0. The Bertz CT molecular complexity index is 808. The van der Waals surface area contributed by atoms with E-state index in [4.69, 9.17) is 0 Å². The lowest BCUT2D eigenvalue weighted by Gasteiger charge is -2.16. The molecule has 0 saturated carbocycles. The molecule has 2 aromatic heterocycles. The molecule has 0 aliphatic rings. The topological polar surface area (TPSA) is 59.3 Å². The van der Waals surface area contributed by atoms with Gasteiger partial charge in [-0.25, -0.2) is 0 Å². The second-order valence-electron chi connectivity index (χ2n) is 5.56. The SMILES string of the molecule is CC(C)[C@H](C)NC(=O)CSc1nnc2sc3ccccc3n12. The lowest BCUT2D eigenvalue weighted by molar-refractivity contribution is -0.119. The average molecular weight is 334 g/mol. The molecule has 0 unspecified atom stereocenters. The summed E-state index contributed by atoms with van der Waals surface area (Å²) in [5.41, 5.74) is 1.09. The first-order chi connectivity index (χ1) is 10.6. The minimum atomic E-state index is 0.0301. The fourth-order valence-electron chi connectivity index (χ4n) is 2.04. The van der Waals surface area contributed by atoms with Gasteiger partial charge in [0.2, 0.25) is 10.9 Å². The molecule has 3 aromatic rings. The lowest BCUT2D eigenvalue weighted by Crippen LogP contribution is -2.37. The van der Waals surface area contributed by atoms with Crippen LogP contribution in [0.1, 0.15) is 20.8 Å². The monoisotopic (exact) mass is 334 g/mol. The maximum Gasteiger partial charge on any atom is 0.230 e. The van der Waals surface area contributed by atoms with Crippen molar-refractivity contribution in [1.29, 1.82) is 0 Å². The van der Waals surface area contributed by atoms with Crippen molar-refractivity contribution in [1.82, 2.24) is 19.9 Å². The van der Waals surface area contributed by atoms with Gasteiger partial charge in [-0.2, -0.15) is 0 Å². The van der Waals surface area contributed by atoms with Crippen molar-refractivity contribution < 1.29 is 4.79 Å². The molecule has 22 heavy (non-hydrogen) atoms. The summed E-state index contributed by atoms with van der Waals surface area (Å²) in [4.78, 5) is 12.9. The first-order valence-electron chi connectivity index (χ1n) is 7.21. The average Bonchev–Trinajstić information content (AvgIpc) is 3.04. The fourth-order valence-corrected chi connectivity index (χ4v) is 3.82. The van der Waals surface area contributed by atoms with Crippen LogP contribution in [0.15, 0.2) is 29.4 Å². The Kier molecular flexibility index (Phi) is 4.35. The van der Waals surface area contributed by atoms with Gasteiger partial charge < -0.3 is 5.32 Å². The Hall–Kier alpha value is -1.60. The molecule has 0 spiro atoms. The van der Waals surface area contributed by atoms with E-state index in [1.807, 2.05) is 29.5 Å². The zero-order valence-corrected chi connectivity index (χ0v) is 14.4. The molecule has 1 N–H and O–H groups in total. The van der Waals surface area contributed by atoms with Crippen LogP contribution in [0, 0.1) is 5.92 Å². The van der Waals surface area contributed by atoms with Gasteiger partial charge in [0, 0.05) is 6.04 Å². The van der Waals surface area contributed by atoms with E-state index in [0.717, 1.165) is 15.6 Å². The third kappa shape index (κ3) is 2.96. The first kappa shape index (κ1) is 15.3. The lowest BCUT2D eigenvalue weighted by atomic mass is 10.1. The third-order valence-electron chi connectivity index (χ3n) is 3.63. The van der Waals surface area contributed by atoms with E-state index in [9.17, 15) is 4.79 Å². The molecule has 3 rings (SSSR count). The van der Waals surface area contributed by atoms with Crippen molar-refractivity contribution in [3.8, 4) is 0 Å². The number of thiazole rings is 1. The second kappa shape index (κ2) is 6.26. The van der Waals surface area contributed by atoms with Gasteiger partial charge >= 0.3 is 0 Å².